The van der Waals surface area contributed by atoms with Crippen molar-refractivity contribution in [2.24, 2.45) is 0 Å². The molecule has 0 saturated heterocycles. The Morgan fingerprint density at radius 2 is 2.00 bits per heavy atom. The maximum Gasteiger partial charge on any atom is 0.354 e. The fraction of sp³-hybridized carbons (Fsp3) is 0.222. The van der Waals surface area contributed by atoms with Crippen molar-refractivity contribution in [1.29, 1.82) is 0 Å². The number of esters is 1. The van der Waals surface area contributed by atoms with E-state index in [0.29, 0.717) is 22.8 Å². The Morgan fingerprint density at radius 1 is 1.28 bits per heavy atom. The van der Waals surface area contributed by atoms with Crippen molar-refractivity contribution in [3.63, 3.8) is 0 Å². The van der Waals surface area contributed by atoms with Gasteiger partial charge < -0.3 is 14.6 Å². The van der Waals surface area contributed by atoms with Crippen LogP contribution in [-0.4, -0.2) is 23.6 Å². The molecule has 0 aliphatic rings. The second-order valence-corrected chi connectivity index (χ2v) is 6.82. The van der Waals surface area contributed by atoms with Crippen LogP contribution in [0.25, 0.3) is 10.2 Å². The highest BCUT2D eigenvalue weighted by Gasteiger charge is 2.27. The molecule has 3 rings (SSSR count). The van der Waals surface area contributed by atoms with E-state index >= 15 is 0 Å². The highest BCUT2D eigenvalue weighted by atomic mass is 35.5. The van der Waals surface area contributed by atoms with Gasteiger partial charge in [-0.15, -0.1) is 11.3 Å². The van der Waals surface area contributed by atoms with Crippen LogP contribution in [0, 0.1) is 0 Å². The van der Waals surface area contributed by atoms with Crippen molar-refractivity contribution in [3.05, 3.63) is 52.5 Å². The molecule has 0 radical (unpaired) electrons. The summed E-state index contributed by atoms with van der Waals surface area (Å²) in [7, 11) is 1.34. The van der Waals surface area contributed by atoms with Crippen molar-refractivity contribution < 1.29 is 14.3 Å². The fourth-order valence-corrected chi connectivity index (χ4v) is 3.83. The molecule has 0 saturated carbocycles. The van der Waals surface area contributed by atoms with Gasteiger partial charge in [0, 0.05) is 16.1 Å². The third kappa shape index (κ3) is 3.41. The van der Waals surface area contributed by atoms with Gasteiger partial charge in [0.25, 0.3) is 0 Å². The molecule has 5 nitrogen and oxygen atoms in total. The average molecular weight is 377 g/mol. The van der Waals surface area contributed by atoms with Crippen molar-refractivity contribution in [3.8, 4) is 0 Å². The number of amides is 1. The van der Waals surface area contributed by atoms with Gasteiger partial charge in [0.1, 0.15) is 16.6 Å². The number of carbonyl (C=O) groups is 2. The van der Waals surface area contributed by atoms with Gasteiger partial charge in [-0.05, 0) is 48.2 Å². The highest BCUT2D eigenvalue weighted by Crippen LogP contribution is 2.31. The lowest BCUT2D eigenvalue weighted by Crippen LogP contribution is -2.27. The number of aromatic nitrogens is 1. The minimum atomic E-state index is -0.527. The number of benzene rings is 1. The molecule has 0 aliphatic heterocycles. The van der Waals surface area contributed by atoms with Crippen LogP contribution in [0.15, 0.2) is 41.8 Å². The average Bonchev–Trinajstić information content (AvgIpc) is 3.19. The summed E-state index contributed by atoms with van der Waals surface area (Å²) in [6.07, 6.45) is 0.533. The standard InChI is InChI=1S/C18H17ClN2O3S/c1-3-14(16(22)20-13-6-4-12(19)5-7-13)21-15(18(23)24-2)10-11-8-9-25-17(11)21/h4-10,14H,3H2,1-2H3,(H,20,22)/t14-/m1/s1. The third-order valence-electron chi connectivity index (χ3n) is 3.95. The number of hydrogen-bond acceptors (Lipinski definition) is 4. The first-order valence-electron chi connectivity index (χ1n) is 7.78. The van der Waals surface area contributed by atoms with Gasteiger partial charge in [0.05, 0.1) is 7.11 Å². The summed E-state index contributed by atoms with van der Waals surface area (Å²) in [4.78, 5) is 25.9. The van der Waals surface area contributed by atoms with E-state index in [0.717, 1.165) is 10.2 Å². The summed E-state index contributed by atoms with van der Waals surface area (Å²) >= 11 is 7.37. The molecule has 0 unspecified atom stereocenters. The summed E-state index contributed by atoms with van der Waals surface area (Å²) in [5, 5.41) is 6.34. The van der Waals surface area contributed by atoms with E-state index in [1.807, 2.05) is 18.4 Å². The molecule has 2 aromatic heterocycles. The lowest BCUT2D eigenvalue weighted by molar-refractivity contribution is -0.119. The molecular formula is C18H17ClN2O3S. The predicted molar refractivity (Wildman–Crippen MR) is 101 cm³/mol. The number of thiophene rings is 1. The zero-order chi connectivity index (χ0) is 18.0. The van der Waals surface area contributed by atoms with Crippen molar-refractivity contribution in [2.75, 3.05) is 12.4 Å². The number of ether oxygens (including phenoxy) is 1. The number of carbonyl (C=O) groups excluding carboxylic acids is 2. The van der Waals surface area contributed by atoms with E-state index in [9.17, 15) is 9.59 Å². The Bertz CT molecular complexity index is 914. The first kappa shape index (κ1) is 17.5. The smallest absolute Gasteiger partial charge is 0.354 e. The predicted octanol–water partition coefficient (Wildman–Crippen LogP) is 4.73. The first-order chi connectivity index (χ1) is 12.0. The molecule has 130 valence electrons. The van der Waals surface area contributed by atoms with Crippen LogP contribution in [0.5, 0.6) is 0 Å². The largest absolute Gasteiger partial charge is 0.464 e. The topological polar surface area (TPSA) is 60.3 Å². The van der Waals surface area contributed by atoms with E-state index in [1.165, 1.54) is 18.4 Å². The van der Waals surface area contributed by atoms with Crippen molar-refractivity contribution in [2.45, 2.75) is 19.4 Å². The number of nitrogens with zero attached hydrogens (tertiary/aromatic N) is 1. The second-order valence-electron chi connectivity index (χ2n) is 5.49. The zero-order valence-electron chi connectivity index (χ0n) is 13.8. The minimum Gasteiger partial charge on any atom is -0.464 e. The fourth-order valence-electron chi connectivity index (χ4n) is 2.76. The van der Waals surface area contributed by atoms with E-state index in [1.54, 1.807) is 34.9 Å². The van der Waals surface area contributed by atoms with Gasteiger partial charge in [-0.25, -0.2) is 4.79 Å². The molecule has 25 heavy (non-hydrogen) atoms. The molecule has 1 atom stereocenters. The minimum absolute atomic E-state index is 0.194. The Labute approximate surface area is 154 Å². The maximum atomic E-state index is 12.8. The quantitative estimate of drug-likeness (QED) is 0.654. The van der Waals surface area contributed by atoms with Crippen LogP contribution in [-0.2, 0) is 9.53 Å². The molecule has 7 heteroatoms. The van der Waals surface area contributed by atoms with Gasteiger partial charge in [0.15, 0.2) is 0 Å². The molecule has 3 aromatic rings. The number of rotatable bonds is 5. The third-order valence-corrected chi connectivity index (χ3v) is 5.13. The molecule has 1 N–H and O–H groups in total. The van der Waals surface area contributed by atoms with Crippen LogP contribution < -0.4 is 5.32 Å². The SMILES string of the molecule is CC[C@H](C(=O)Nc1ccc(Cl)cc1)n1c(C(=O)OC)cc2ccsc21. The van der Waals surface area contributed by atoms with Gasteiger partial charge in [0.2, 0.25) is 5.91 Å². The molecular weight excluding hydrogens is 360 g/mol. The number of nitrogens with one attached hydrogen (secondary N) is 1. The summed E-state index contributed by atoms with van der Waals surface area (Å²) in [6, 6.07) is 10.1. The van der Waals surface area contributed by atoms with E-state index in [2.05, 4.69) is 5.32 Å². The van der Waals surface area contributed by atoms with E-state index in [-0.39, 0.29) is 5.91 Å². The maximum absolute atomic E-state index is 12.8. The summed E-state index contributed by atoms with van der Waals surface area (Å²) < 4.78 is 6.64. The number of anilines is 1. The van der Waals surface area contributed by atoms with Gasteiger partial charge in [-0.1, -0.05) is 18.5 Å². The molecule has 0 fully saturated rings. The molecule has 0 spiro atoms. The highest BCUT2D eigenvalue weighted by molar-refractivity contribution is 7.16. The Hall–Kier alpha value is -2.31. The first-order valence-corrected chi connectivity index (χ1v) is 9.04. The van der Waals surface area contributed by atoms with Gasteiger partial charge in [-0.2, -0.15) is 0 Å². The lowest BCUT2D eigenvalue weighted by atomic mass is 10.2. The summed E-state index contributed by atoms with van der Waals surface area (Å²) in [5.74, 6) is -0.651. The van der Waals surface area contributed by atoms with Crippen molar-refractivity contribution >= 4 is 50.7 Å². The Morgan fingerprint density at radius 3 is 2.64 bits per heavy atom. The Balaban J connectivity index is 1.98. The van der Waals surface area contributed by atoms with Crippen LogP contribution >= 0.6 is 22.9 Å². The van der Waals surface area contributed by atoms with Crippen LogP contribution in [0.4, 0.5) is 5.69 Å². The molecule has 1 amide bonds. The summed E-state index contributed by atoms with van der Waals surface area (Å²) in [6.45, 7) is 1.91. The molecule has 1 aromatic carbocycles. The Kier molecular flexibility index (Phi) is 5.11. The van der Waals surface area contributed by atoms with Crippen LogP contribution in [0.1, 0.15) is 29.9 Å². The number of fused-ring (bicyclic) bond motifs is 1. The molecule has 2 heterocycles. The van der Waals surface area contributed by atoms with E-state index in [4.69, 9.17) is 16.3 Å². The summed E-state index contributed by atoms with van der Waals surface area (Å²) in [5.41, 5.74) is 1.03. The normalized spacial score (nSPS) is 12.1. The number of hydrogen-bond donors (Lipinski definition) is 1. The monoisotopic (exact) mass is 376 g/mol. The number of halogens is 1. The zero-order valence-corrected chi connectivity index (χ0v) is 15.4. The van der Waals surface area contributed by atoms with Crippen LogP contribution in [0.2, 0.25) is 5.02 Å². The number of methoxy groups -OCH3 is 1. The van der Waals surface area contributed by atoms with E-state index < -0.39 is 12.0 Å². The molecule has 0 bridgehead atoms. The van der Waals surface area contributed by atoms with Crippen LogP contribution in [0.3, 0.4) is 0 Å². The molecule has 0 aliphatic carbocycles. The lowest BCUT2D eigenvalue weighted by Gasteiger charge is -2.19. The van der Waals surface area contributed by atoms with Gasteiger partial charge >= 0.3 is 5.97 Å². The van der Waals surface area contributed by atoms with Crippen molar-refractivity contribution in [1.82, 2.24) is 4.57 Å². The van der Waals surface area contributed by atoms with Gasteiger partial charge in [-0.3, -0.25) is 4.79 Å². The second kappa shape index (κ2) is 7.29.